The molecule has 0 aliphatic heterocycles. The molecule has 1 atom stereocenters. The Hall–Kier alpha value is -3.15. The van der Waals surface area contributed by atoms with E-state index < -0.39 is 5.63 Å². The number of ether oxygens (including phenoxy) is 1. The Balaban J connectivity index is 1.73. The van der Waals surface area contributed by atoms with E-state index in [1.165, 1.54) is 0 Å². The number of hydrogen-bond acceptors (Lipinski definition) is 5. The molecule has 0 fully saturated rings. The smallest absolute Gasteiger partial charge is 0.339 e. The average molecular weight is 366 g/mol. The van der Waals surface area contributed by atoms with Gasteiger partial charge in [-0.05, 0) is 55.7 Å². The Morgan fingerprint density at radius 3 is 2.70 bits per heavy atom. The summed E-state index contributed by atoms with van der Waals surface area (Å²) in [6.45, 7) is 3.79. The Bertz CT molecular complexity index is 1010. The van der Waals surface area contributed by atoms with Crippen molar-refractivity contribution < 1.29 is 13.9 Å². The summed E-state index contributed by atoms with van der Waals surface area (Å²) in [5, 5.41) is 3.79. The fraction of sp³-hybridized carbons (Fsp3) is 0.286. The lowest BCUT2D eigenvalue weighted by atomic mass is 10.0. The number of rotatable bonds is 6. The lowest BCUT2D eigenvalue weighted by Gasteiger charge is -2.14. The van der Waals surface area contributed by atoms with E-state index in [0.29, 0.717) is 23.3 Å². The van der Waals surface area contributed by atoms with Gasteiger partial charge in [-0.1, -0.05) is 0 Å². The summed E-state index contributed by atoms with van der Waals surface area (Å²) in [5.74, 6) is 0.509. The molecule has 6 heteroatoms. The second-order valence-electron chi connectivity index (χ2n) is 6.42. The third kappa shape index (κ3) is 4.16. The number of fused-ring (bicyclic) bond motifs is 1. The van der Waals surface area contributed by atoms with Gasteiger partial charge < -0.3 is 14.5 Å². The molecule has 6 nitrogen and oxygen atoms in total. The molecule has 0 aliphatic carbocycles. The quantitative estimate of drug-likeness (QED) is 0.677. The van der Waals surface area contributed by atoms with Crippen LogP contribution in [0.1, 0.15) is 36.1 Å². The highest BCUT2D eigenvalue weighted by atomic mass is 16.5. The molecule has 3 aromatic rings. The van der Waals surface area contributed by atoms with E-state index in [1.54, 1.807) is 25.6 Å². The first-order valence-electron chi connectivity index (χ1n) is 8.79. The van der Waals surface area contributed by atoms with Crippen molar-refractivity contribution in [3.05, 3.63) is 69.8 Å². The molecule has 1 amide bonds. The van der Waals surface area contributed by atoms with Gasteiger partial charge in [-0.15, -0.1) is 0 Å². The van der Waals surface area contributed by atoms with Crippen LogP contribution in [0.3, 0.4) is 0 Å². The highest BCUT2D eigenvalue weighted by molar-refractivity contribution is 5.82. The number of methoxy groups -OCH3 is 1. The molecule has 3 rings (SSSR count). The van der Waals surface area contributed by atoms with Gasteiger partial charge in [0.1, 0.15) is 11.3 Å². The molecule has 2 heterocycles. The summed E-state index contributed by atoms with van der Waals surface area (Å²) in [6.07, 6.45) is 3.92. The normalized spacial score (nSPS) is 12.0. The number of amides is 1. The zero-order chi connectivity index (χ0) is 19.4. The second kappa shape index (κ2) is 8.03. The lowest BCUT2D eigenvalue weighted by molar-refractivity contribution is -0.121. The van der Waals surface area contributed by atoms with Crippen LogP contribution >= 0.6 is 0 Å². The van der Waals surface area contributed by atoms with Crippen molar-refractivity contribution in [2.24, 2.45) is 0 Å². The van der Waals surface area contributed by atoms with Gasteiger partial charge in [0, 0.05) is 35.8 Å². The Kier molecular flexibility index (Phi) is 5.54. The zero-order valence-electron chi connectivity index (χ0n) is 15.6. The number of nitrogens with zero attached hydrogens (tertiary/aromatic N) is 1. The third-order valence-electron chi connectivity index (χ3n) is 4.68. The summed E-state index contributed by atoms with van der Waals surface area (Å²) in [6, 6.07) is 8.98. The van der Waals surface area contributed by atoms with Crippen molar-refractivity contribution in [2.45, 2.75) is 32.7 Å². The van der Waals surface area contributed by atoms with Crippen LogP contribution in [0.15, 0.2) is 51.9 Å². The molecule has 1 aromatic carbocycles. The molecule has 0 saturated carbocycles. The molecule has 0 aliphatic rings. The largest absolute Gasteiger partial charge is 0.497 e. The molecule has 1 N–H and O–H groups in total. The maximum Gasteiger partial charge on any atom is 0.339 e. The predicted molar refractivity (Wildman–Crippen MR) is 103 cm³/mol. The van der Waals surface area contributed by atoms with Crippen LogP contribution in [0.4, 0.5) is 0 Å². The Morgan fingerprint density at radius 2 is 2.00 bits per heavy atom. The highest BCUT2D eigenvalue weighted by Crippen LogP contribution is 2.24. The van der Waals surface area contributed by atoms with E-state index in [2.05, 4.69) is 10.3 Å². The highest BCUT2D eigenvalue weighted by Gasteiger charge is 2.15. The molecule has 0 spiro atoms. The maximum atomic E-state index is 12.4. The van der Waals surface area contributed by atoms with E-state index in [1.807, 2.05) is 38.1 Å². The first kappa shape index (κ1) is 18.6. The zero-order valence-corrected chi connectivity index (χ0v) is 15.6. The Morgan fingerprint density at radius 1 is 1.26 bits per heavy atom. The van der Waals surface area contributed by atoms with Gasteiger partial charge in [0.2, 0.25) is 5.91 Å². The van der Waals surface area contributed by atoms with E-state index in [4.69, 9.17) is 9.15 Å². The van der Waals surface area contributed by atoms with E-state index in [9.17, 15) is 9.59 Å². The van der Waals surface area contributed by atoms with Gasteiger partial charge in [0.05, 0.1) is 13.2 Å². The number of aryl methyl sites for hydroxylation is 1. The van der Waals surface area contributed by atoms with Crippen molar-refractivity contribution >= 4 is 16.9 Å². The van der Waals surface area contributed by atoms with E-state index >= 15 is 0 Å². The van der Waals surface area contributed by atoms with Crippen LogP contribution in [-0.2, 0) is 11.2 Å². The van der Waals surface area contributed by atoms with Crippen molar-refractivity contribution in [3.8, 4) is 5.75 Å². The monoisotopic (exact) mass is 366 g/mol. The van der Waals surface area contributed by atoms with Crippen LogP contribution in [-0.4, -0.2) is 18.0 Å². The van der Waals surface area contributed by atoms with Crippen LogP contribution in [0.5, 0.6) is 5.75 Å². The van der Waals surface area contributed by atoms with Crippen LogP contribution in [0.25, 0.3) is 11.0 Å². The maximum absolute atomic E-state index is 12.4. The van der Waals surface area contributed by atoms with Crippen LogP contribution < -0.4 is 15.7 Å². The minimum atomic E-state index is -0.414. The van der Waals surface area contributed by atoms with E-state index in [0.717, 1.165) is 16.5 Å². The third-order valence-corrected chi connectivity index (χ3v) is 4.68. The molecule has 140 valence electrons. The standard InChI is InChI=1S/C21H22N2O4/c1-13-17-5-4-16(26-3)12-19(17)27-21(25)18(13)6-7-20(24)23-14(2)15-8-10-22-11-9-15/h4-5,8-12,14H,6-7H2,1-3H3,(H,23,24). The van der Waals surface area contributed by atoms with Gasteiger partial charge in [0.25, 0.3) is 0 Å². The topological polar surface area (TPSA) is 81.4 Å². The van der Waals surface area contributed by atoms with E-state index in [-0.39, 0.29) is 18.4 Å². The summed E-state index contributed by atoms with van der Waals surface area (Å²) in [7, 11) is 1.56. The molecule has 27 heavy (non-hydrogen) atoms. The van der Waals surface area contributed by atoms with Gasteiger partial charge in [-0.25, -0.2) is 4.79 Å². The first-order chi connectivity index (χ1) is 13.0. The molecule has 0 saturated heterocycles. The molecule has 0 radical (unpaired) electrons. The minimum Gasteiger partial charge on any atom is -0.497 e. The van der Waals surface area contributed by atoms with Gasteiger partial charge in [-0.2, -0.15) is 0 Å². The number of benzene rings is 1. The van der Waals surface area contributed by atoms with Gasteiger partial charge >= 0.3 is 5.63 Å². The lowest BCUT2D eigenvalue weighted by Crippen LogP contribution is -2.27. The Labute approximate surface area is 157 Å². The minimum absolute atomic E-state index is 0.118. The van der Waals surface area contributed by atoms with Crippen molar-refractivity contribution in [1.82, 2.24) is 10.3 Å². The number of aromatic nitrogens is 1. The summed E-state index contributed by atoms with van der Waals surface area (Å²) >= 11 is 0. The van der Waals surface area contributed by atoms with Crippen LogP contribution in [0.2, 0.25) is 0 Å². The van der Waals surface area contributed by atoms with Gasteiger partial charge in [0.15, 0.2) is 0 Å². The fourth-order valence-corrected chi connectivity index (χ4v) is 3.08. The first-order valence-corrected chi connectivity index (χ1v) is 8.79. The molecule has 0 bridgehead atoms. The molecule has 2 aromatic heterocycles. The second-order valence-corrected chi connectivity index (χ2v) is 6.42. The van der Waals surface area contributed by atoms with Crippen molar-refractivity contribution in [1.29, 1.82) is 0 Å². The van der Waals surface area contributed by atoms with Crippen LogP contribution in [0, 0.1) is 6.92 Å². The van der Waals surface area contributed by atoms with Crippen molar-refractivity contribution in [3.63, 3.8) is 0 Å². The van der Waals surface area contributed by atoms with Crippen molar-refractivity contribution in [2.75, 3.05) is 7.11 Å². The molecule has 1 unspecified atom stereocenters. The molecular weight excluding hydrogens is 344 g/mol. The van der Waals surface area contributed by atoms with Gasteiger partial charge in [-0.3, -0.25) is 9.78 Å². The summed E-state index contributed by atoms with van der Waals surface area (Å²) in [4.78, 5) is 28.6. The average Bonchev–Trinajstić information content (AvgIpc) is 2.67. The fourth-order valence-electron chi connectivity index (χ4n) is 3.08. The number of nitrogens with one attached hydrogen (secondary N) is 1. The number of pyridine rings is 1. The number of carbonyl (C=O) groups excluding carboxylic acids is 1. The summed E-state index contributed by atoms with van der Waals surface area (Å²) in [5.41, 5.74) is 2.41. The number of hydrogen-bond donors (Lipinski definition) is 1. The molecular formula is C21H22N2O4. The summed E-state index contributed by atoms with van der Waals surface area (Å²) < 4.78 is 10.6. The number of carbonyl (C=O) groups is 1. The predicted octanol–water partition coefficient (Wildman–Crippen LogP) is 3.32. The SMILES string of the molecule is COc1ccc2c(C)c(CCC(=O)NC(C)c3ccncc3)c(=O)oc2c1.